The van der Waals surface area contributed by atoms with Gasteiger partial charge < -0.3 is 5.32 Å². The van der Waals surface area contributed by atoms with Crippen LogP contribution in [-0.2, 0) is 6.54 Å². The molecule has 3 rings (SSSR count). The topological polar surface area (TPSA) is 93.9 Å². The molecule has 1 aromatic carbocycles. The minimum absolute atomic E-state index is 0.0238. The van der Waals surface area contributed by atoms with Crippen LogP contribution in [0.1, 0.15) is 21.7 Å². The molecule has 2 heterocycles. The fourth-order valence-electron chi connectivity index (χ4n) is 2.54. The molecule has 0 bridgehead atoms. The summed E-state index contributed by atoms with van der Waals surface area (Å²) in [6.07, 6.45) is 0. The molecule has 7 nitrogen and oxygen atoms in total. The van der Waals surface area contributed by atoms with Gasteiger partial charge in [0.05, 0.1) is 0 Å². The number of carbonyl (C=O) groups is 1. The normalized spacial score (nSPS) is 15.5. The number of aryl methyl sites for hydroxylation is 1. The first-order valence-corrected chi connectivity index (χ1v) is 8.63. The lowest BCUT2D eigenvalue weighted by atomic mass is 10.1. The molecule has 1 fully saturated rings. The minimum Gasteiger partial charge on any atom is -0.319 e. The Morgan fingerprint density at radius 1 is 1.39 bits per heavy atom. The van der Waals surface area contributed by atoms with Crippen molar-refractivity contribution >= 4 is 23.4 Å². The molecule has 0 unspecified atom stereocenters. The summed E-state index contributed by atoms with van der Waals surface area (Å²) in [5.41, 5.74) is 2.44. The third kappa shape index (κ3) is 4.02. The Hall–Kier alpha value is -2.06. The van der Waals surface area contributed by atoms with Gasteiger partial charge in [0.25, 0.3) is 5.91 Å². The Morgan fingerprint density at radius 2 is 2.17 bits per heavy atom. The standard InChI is InChI=1S/C15H19N5O2S/c1-10-8-11(9-20-4-6-23-7-5-20)2-3-12(10)16-14(21)13-17-15(22)19-18-13/h2-3,8H,4-7,9H2,1H3,(H,16,21)(H2,17,18,19,22). The molecule has 1 aliphatic rings. The van der Waals surface area contributed by atoms with Gasteiger partial charge in [0.2, 0.25) is 5.82 Å². The zero-order chi connectivity index (χ0) is 16.2. The van der Waals surface area contributed by atoms with Gasteiger partial charge >= 0.3 is 5.69 Å². The average Bonchev–Trinajstić information content (AvgIpc) is 2.98. The zero-order valence-corrected chi connectivity index (χ0v) is 13.7. The van der Waals surface area contributed by atoms with E-state index in [0.29, 0.717) is 0 Å². The van der Waals surface area contributed by atoms with Crippen molar-refractivity contribution in [2.75, 3.05) is 29.9 Å². The Kier molecular flexibility index (Phi) is 4.82. The number of carbonyl (C=O) groups excluding carboxylic acids is 1. The number of anilines is 1. The summed E-state index contributed by atoms with van der Waals surface area (Å²) in [6, 6.07) is 6.01. The second-order valence-corrected chi connectivity index (χ2v) is 6.74. The van der Waals surface area contributed by atoms with Crippen molar-refractivity contribution in [2.24, 2.45) is 0 Å². The third-order valence-electron chi connectivity index (χ3n) is 3.77. The Bertz CT molecular complexity index is 748. The smallest absolute Gasteiger partial charge is 0.319 e. The predicted molar refractivity (Wildman–Crippen MR) is 90.9 cm³/mol. The van der Waals surface area contributed by atoms with Crippen molar-refractivity contribution in [3.63, 3.8) is 0 Å². The highest BCUT2D eigenvalue weighted by Crippen LogP contribution is 2.19. The lowest BCUT2D eigenvalue weighted by Crippen LogP contribution is -2.31. The molecule has 8 heteroatoms. The maximum Gasteiger partial charge on any atom is 0.341 e. The van der Waals surface area contributed by atoms with E-state index in [1.807, 2.05) is 30.8 Å². The Balaban J connectivity index is 1.66. The Labute approximate surface area is 137 Å². The molecular formula is C15H19N5O2S. The van der Waals surface area contributed by atoms with Crippen LogP contribution in [0.3, 0.4) is 0 Å². The van der Waals surface area contributed by atoms with Crippen LogP contribution in [0.5, 0.6) is 0 Å². The van der Waals surface area contributed by atoms with Gasteiger partial charge in [-0.3, -0.25) is 14.7 Å². The number of thioether (sulfide) groups is 1. The van der Waals surface area contributed by atoms with Crippen molar-refractivity contribution in [3.8, 4) is 0 Å². The fraction of sp³-hybridized carbons (Fsp3) is 0.400. The number of hydrogen-bond donors (Lipinski definition) is 3. The summed E-state index contributed by atoms with van der Waals surface area (Å²) in [4.78, 5) is 27.8. The summed E-state index contributed by atoms with van der Waals surface area (Å²) in [7, 11) is 0. The quantitative estimate of drug-likeness (QED) is 0.782. The molecule has 122 valence electrons. The van der Waals surface area contributed by atoms with E-state index in [-0.39, 0.29) is 5.82 Å². The van der Waals surface area contributed by atoms with E-state index in [4.69, 9.17) is 0 Å². The van der Waals surface area contributed by atoms with Crippen molar-refractivity contribution in [1.29, 1.82) is 0 Å². The number of nitrogens with zero attached hydrogens (tertiary/aromatic N) is 2. The number of benzene rings is 1. The molecule has 0 atom stereocenters. The van der Waals surface area contributed by atoms with Crippen LogP contribution in [0.15, 0.2) is 23.0 Å². The highest BCUT2D eigenvalue weighted by Gasteiger charge is 2.13. The number of nitrogens with one attached hydrogen (secondary N) is 3. The lowest BCUT2D eigenvalue weighted by Gasteiger charge is -2.26. The van der Waals surface area contributed by atoms with E-state index < -0.39 is 11.6 Å². The lowest BCUT2D eigenvalue weighted by molar-refractivity contribution is 0.101. The maximum atomic E-state index is 12.0. The van der Waals surface area contributed by atoms with Gasteiger partial charge in [-0.2, -0.15) is 11.8 Å². The summed E-state index contributed by atoms with van der Waals surface area (Å²) in [5.74, 6) is 1.92. The molecule has 0 radical (unpaired) electrons. The minimum atomic E-state index is -0.498. The molecular weight excluding hydrogens is 314 g/mol. The van der Waals surface area contributed by atoms with Gasteiger partial charge in [0, 0.05) is 36.8 Å². The van der Waals surface area contributed by atoms with E-state index in [1.165, 1.54) is 17.1 Å². The number of hydrogen-bond acceptors (Lipinski definition) is 5. The molecule has 1 saturated heterocycles. The molecule has 1 aromatic heterocycles. The van der Waals surface area contributed by atoms with Crippen molar-refractivity contribution in [1.82, 2.24) is 20.1 Å². The number of rotatable bonds is 4. The van der Waals surface area contributed by atoms with Crippen LogP contribution in [0, 0.1) is 6.92 Å². The van der Waals surface area contributed by atoms with Crippen molar-refractivity contribution in [3.05, 3.63) is 45.6 Å². The summed E-state index contributed by atoms with van der Waals surface area (Å²) < 4.78 is 0. The van der Waals surface area contributed by atoms with Crippen LogP contribution in [0.2, 0.25) is 0 Å². The highest BCUT2D eigenvalue weighted by molar-refractivity contribution is 7.99. The number of amides is 1. The molecule has 0 saturated carbocycles. The van der Waals surface area contributed by atoms with Crippen LogP contribution in [0.25, 0.3) is 0 Å². The monoisotopic (exact) mass is 333 g/mol. The molecule has 3 N–H and O–H groups in total. The number of aromatic nitrogens is 3. The largest absolute Gasteiger partial charge is 0.341 e. The number of H-pyrrole nitrogens is 2. The first kappa shape index (κ1) is 15.8. The summed E-state index contributed by atoms with van der Waals surface area (Å²) in [5, 5.41) is 8.56. The van der Waals surface area contributed by atoms with E-state index in [9.17, 15) is 9.59 Å². The molecule has 0 aliphatic carbocycles. The highest BCUT2D eigenvalue weighted by atomic mass is 32.2. The van der Waals surface area contributed by atoms with Crippen LogP contribution >= 0.6 is 11.8 Å². The van der Waals surface area contributed by atoms with Crippen LogP contribution < -0.4 is 11.0 Å². The fourth-order valence-corrected chi connectivity index (χ4v) is 3.52. The zero-order valence-electron chi connectivity index (χ0n) is 12.9. The first-order chi connectivity index (χ1) is 11.1. The van der Waals surface area contributed by atoms with Crippen LogP contribution in [-0.4, -0.2) is 50.6 Å². The first-order valence-electron chi connectivity index (χ1n) is 7.47. The summed E-state index contributed by atoms with van der Waals surface area (Å²) in [6.45, 7) is 5.13. The van der Waals surface area contributed by atoms with Crippen LogP contribution in [0.4, 0.5) is 5.69 Å². The van der Waals surface area contributed by atoms with Gasteiger partial charge in [-0.25, -0.2) is 9.89 Å². The van der Waals surface area contributed by atoms with Crippen molar-refractivity contribution < 1.29 is 4.79 Å². The average molecular weight is 333 g/mol. The van der Waals surface area contributed by atoms with Crippen molar-refractivity contribution in [2.45, 2.75) is 13.5 Å². The Morgan fingerprint density at radius 3 is 2.83 bits per heavy atom. The molecule has 23 heavy (non-hydrogen) atoms. The molecule has 1 aliphatic heterocycles. The molecule has 1 amide bonds. The third-order valence-corrected chi connectivity index (χ3v) is 4.71. The molecule has 0 spiro atoms. The predicted octanol–water partition coefficient (Wildman–Crippen LogP) is 1.21. The van der Waals surface area contributed by atoms with E-state index in [2.05, 4.69) is 31.5 Å². The molecule has 2 aromatic rings. The van der Waals surface area contributed by atoms with Gasteiger partial charge in [-0.1, -0.05) is 12.1 Å². The second kappa shape index (κ2) is 7.01. The van der Waals surface area contributed by atoms with Gasteiger partial charge in [0.15, 0.2) is 0 Å². The second-order valence-electron chi connectivity index (χ2n) is 5.52. The van der Waals surface area contributed by atoms with E-state index in [0.717, 1.165) is 30.9 Å². The van der Waals surface area contributed by atoms with Gasteiger partial charge in [-0.15, -0.1) is 5.10 Å². The van der Waals surface area contributed by atoms with E-state index in [1.54, 1.807) is 0 Å². The van der Waals surface area contributed by atoms with Gasteiger partial charge in [0.1, 0.15) is 0 Å². The number of aromatic amines is 2. The van der Waals surface area contributed by atoms with E-state index >= 15 is 0 Å². The SMILES string of the molecule is Cc1cc(CN2CCSCC2)ccc1NC(=O)c1n[nH]c(=O)[nH]1. The van der Waals surface area contributed by atoms with Gasteiger partial charge in [-0.05, 0) is 24.1 Å². The summed E-state index contributed by atoms with van der Waals surface area (Å²) >= 11 is 2.00. The maximum absolute atomic E-state index is 12.0.